The zero-order valence-electron chi connectivity index (χ0n) is 17.5. The molecule has 3 heterocycles. The van der Waals surface area contributed by atoms with Crippen molar-refractivity contribution in [3.8, 4) is 0 Å². The van der Waals surface area contributed by atoms with Crippen LogP contribution in [0.25, 0.3) is 0 Å². The number of nitrogens with zero attached hydrogens (tertiary/aromatic N) is 3. The summed E-state index contributed by atoms with van der Waals surface area (Å²) in [6, 6.07) is 5.87. The molecule has 0 atom stereocenters. The lowest BCUT2D eigenvalue weighted by Gasteiger charge is -2.28. The molecule has 0 unspecified atom stereocenters. The maximum absolute atomic E-state index is 12.7. The number of carbonyl (C=O) groups excluding carboxylic acids is 2. The molecule has 1 aliphatic heterocycles. The van der Waals surface area contributed by atoms with Gasteiger partial charge in [-0.15, -0.1) is 0 Å². The Labute approximate surface area is 178 Å². The molecule has 0 saturated heterocycles. The number of hydrogen-bond donors (Lipinski definition) is 1. The van der Waals surface area contributed by atoms with Gasteiger partial charge in [0.1, 0.15) is 0 Å². The second kappa shape index (κ2) is 9.83. The van der Waals surface area contributed by atoms with Gasteiger partial charge in [0.05, 0.1) is 6.42 Å². The van der Waals surface area contributed by atoms with Crippen LogP contribution in [0.1, 0.15) is 60.9 Å². The van der Waals surface area contributed by atoms with Crippen molar-refractivity contribution in [2.24, 2.45) is 5.92 Å². The minimum atomic E-state index is 0.110. The van der Waals surface area contributed by atoms with Gasteiger partial charge >= 0.3 is 0 Å². The summed E-state index contributed by atoms with van der Waals surface area (Å²) >= 11 is 0. The van der Waals surface area contributed by atoms with Gasteiger partial charge in [0.2, 0.25) is 11.8 Å². The van der Waals surface area contributed by atoms with E-state index >= 15 is 0 Å². The van der Waals surface area contributed by atoms with Gasteiger partial charge in [-0.25, -0.2) is 0 Å². The van der Waals surface area contributed by atoms with Crippen LogP contribution in [0.2, 0.25) is 0 Å². The highest BCUT2D eigenvalue weighted by Crippen LogP contribution is 2.28. The van der Waals surface area contributed by atoms with Gasteiger partial charge in [-0.1, -0.05) is 31.7 Å². The van der Waals surface area contributed by atoms with E-state index in [9.17, 15) is 9.59 Å². The molecule has 1 aliphatic carbocycles. The van der Waals surface area contributed by atoms with Crippen LogP contribution in [-0.2, 0) is 35.5 Å². The van der Waals surface area contributed by atoms with E-state index in [1.807, 2.05) is 23.2 Å². The highest BCUT2D eigenvalue weighted by atomic mass is 16.2. The van der Waals surface area contributed by atoms with Crippen molar-refractivity contribution in [1.82, 2.24) is 20.2 Å². The Bertz CT molecular complexity index is 878. The van der Waals surface area contributed by atoms with Crippen molar-refractivity contribution in [1.29, 1.82) is 0 Å². The molecule has 1 saturated carbocycles. The van der Waals surface area contributed by atoms with Gasteiger partial charge in [0, 0.05) is 56.8 Å². The average Bonchev–Trinajstić information content (AvgIpc) is 3.30. The lowest BCUT2D eigenvalue weighted by Crippen LogP contribution is -2.37. The number of rotatable bonds is 7. The lowest BCUT2D eigenvalue weighted by atomic mass is 10.0. The summed E-state index contributed by atoms with van der Waals surface area (Å²) in [6.07, 6.45) is 13.2. The predicted molar refractivity (Wildman–Crippen MR) is 114 cm³/mol. The van der Waals surface area contributed by atoms with Crippen molar-refractivity contribution in [3.63, 3.8) is 0 Å². The van der Waals surface area contributed by atoms with E-state index < -0.39 is 0 Å². The highest BCUT2D eigenvalue weighted by Gasteiger charge is 2.22. The number of carbonyl (C=O) groups is 2. The van der Waals surface area contributed by atoms with E-state index in [0.29, 0.717) is 32.5 Å². The summed E-state index contributed by atoms with van der Waals surface area (Å²) in [4.78, 5) is 35.4. The average molecular weight is 407 g/mol. The van der Waals surface area contributed by atoms with Gasteiger partial charge < -0.3 is 10.2 Å². The monoisotopic (exact) mass is 406 g/mol. The zero-order valence-corrected chi connectivity index (χ0v) is 17.5. The van der Waals surface area contributed by atoms with Gasteiger partial charge in [-0.2, -0.15) is 0 Å². The maximum Gasteiger partial charge on any atom is 0.227 e. The van der Waals surface area contributed by atoms with Crippen molar-refractivity contribution in [2.45, 2.75) is 64.5 Å². The van der Waals surface area contributed by atoms with Crippen LogP contribution in [0, 0.1) is 5.92 Å². The first-order chi connectivity index (χ1) is 14.7. The Balaban J connectivity index is 1.29. The van der Waals surface area contributed by atoms with Crippen LogP contribution >= 0.6 is 0 Å². The van der Waals surface area contributed by atoms with Crippen molar-refractivity contribution >= 4 is 11.8 Å². The molecular formula is C24H30N4O2. The van der Waals surface area contributed by atoms with E-state index in [4.69, 9.17) is 0 Å². The third-order valence-electron chi connectivity index (χ3n) is 6.27. The molecule has 2 aromatic rings. The molecule has 0 aromatic carbocycles. The van der Waals surface area contributed by atoms with E-state index in [1.54, 1.807) is 12.4 Å². The molecule has 6 heteroatoms. The number of nitrogens with one attached hydrogen (secondary N) is 1. The molecule has 1 N–H and O–H groups in total. The minimum Gasteiger partial charge on any atom is -0.352 e. The zero-order chi connectivity index (χ0) is 20.8. The maximum atomic E-state index is 12.7. The SMILES string of the molecule is O=C(CCC1CCCC1)NCc1cnc2c(c1)CN(C(=O)Cc1cccnc1)CC2. The topological polar surface area (TPSA) is 75.2 Å². The first-order valence-corrected chi connectivity index (χ1v) is 11.1. The molecule has 2 amide bonds. The third kappa shape index (κ3) is 5.43. The summed E-state index contributed by atoms with van der Waals surface area (Å²) in [6.45, 7) is 1.76. The number of fused-ring (bicyclic) bond motifs is 1. The molecule has 0 bridgehead atoms. The highest BCUT2D eigenvalue weighted by molar-refractivity contribution is 5.79. The Morgan fingerprint density at radius 2 is 2.03 bits per heavy atom. The molecule has 0 spiro atoms. The molecule has 0 radical (unpaired) electrons. The second-order valence-corrected chi connectivity index (χ2v) is 8.52. The Morgan fingerprint density at radius 1 is 1.17 bits per heavy atom. The van der Waals surface area contributed by atoms with Gasteiger partial charge in [0.15, 0.2) is 0 Å². The fraction of sp³-hybridized carbons (Fsp3) is 0.500. The van der Waals surface area contributed by atoms with Crippen LogP contribution in [0.5, 0.6) is 0 Å². The lowest BCUT2D eigenvalue weighted by molar-refractivity contribution is -0.131. The van der Waals surface area contributed by atoms with Crippen molar-refractivity contribution in [3.05, 3.63) is 59.2 Å². The van der Waals surface area contributed by atoms with E-state index in [2.05, 4.69) is 21.4 Å². The van der Waals surface area contributed by atoms with E-state index in [1.165, 1.54) is 25.7 Å². The van der Waals surface area contributed by atoms with Crippen LogP contribution in [0.15, 0.2) is 36.8 Å². The van der Waals surface area contributed by atoms with E-state index in [0.717, 1.165) is 41.1 Å². The van der Waals surface area contributed by atoms with Crippen LogP contribution < -0.4 is 5.32 Å². The molecule has 2 aromatic heterocycles. The number of aromatic nitrogens is 2. The van der Waals surface area contributed by atoms with Crippen LogP contribution in [0.3, 0.4) is 0 Å². The first kappa shape index (κ1) is 20.5. The third-order valence-corrected chi connectivity index (χ3v) is 6.27. The number of hydrogen-bond acceptors (Lipinski definition) is 4. The molecule has 1 fully saturated rings. The molecule has 6 nitrogen and oxygen atoms in total. The molecule has 30 heavy (non-hydrogen) atoms. The van der Waals surface area contributed by atoms with Crippen LogP contribution in [0.4, 0.5) is 0 Å². The summed E-state index contributed by atoms with van der Waals surface area (Å²) < 4.78 is 0. The summed E-state index contributed by atoms with van der Waals surface area (Å²) in [5.41, 5.74) is 4.06. The normalized spacial score (nSPS) is 16.3. The number of pyridine rings is 2. The summed E-state index contributed by atoms with van der Waals surface area (Å²) in [7, 11) is 0. The largest absolute Gasteiger partial charge is 0.352 e. The Hall–Kier alpha value is -2.76. The van der Waals surface area contributed by atoms with Crippen molar-refractivity contribution in [2.75, 3.05) is 6.54 Å². The van der Waals surface area contributed by atoms with Crippen LogP contribution in [-0.4, -0.2) is 33.2 Å². The Morgan fingerprint density at radius 3 is 2.83 bits per heavy atom. The fourth-order valence-electron chi connectivity index (χ4n) is 4.50. The molecule has 4 rings (SSSR count). The van der Waals surface area contributed by atoms with Gasteiger partial charge in [0.25, 0.3) is 0 Å². The van der Waals surface area contributed by atoms with E-state index in [-0.39, 0.29) is 11.8 Å². The standard InChI is InChI=1S/C24H30N4O2/c29-23(8-7-18-4-1-2-5-18)27-16-20-12-21-17-28(11-9-22(21)26-15-20)24(30)13-19-6-3-10-25-14-19/h3,6,10,12,14-15,18H,1-2,4-5,7-9,11,13,16-17H2,(H,27,29). The van der Waals surface area contributed by atoms with Crippen molar-refractivity contribution < 1.29 is 9.59 Å². The summed E-state index contributed by atoms with van der Waals surface area (Å²) in [5, 5.41) is 3.03. The Kier molecular flexibility index (Phi) is 6.72. The molecular weight excluding hydrogens is 376 g/mol. The quantitative estimate of drug-likeness (QED) is 0.766. The smallest absolute Gasteiger partial charge is 0.227 e. The molecule has 158 valence electrons. The van der Waals surface area contributed by atoms with Gasteiger partial charge in [-0.05, 0) is 41.2 Å². The second-order valence-electron chi connectivity index (χ2n) is 8.52. The number of amides is 2. The predicted octanol–water partition coefficient (Wildman–Crippen LogP) is 3.19. The molecule has 2 aliphatic rings. The minimum absolute atomic E-state index is 0.110. The summed E-state index contributed by atoms with van der Waals surface area (Å²) in [5.74, 6) is 0.962. The fourth-order valence-corrected chi connectivity index (χ4v) is 4.50. The first-order valence-electron chi connectivity index (χ1n) is 11.1. The van der Waals surface area contributed by atoms with Gasteiger partial charge in [-0.3, -0.25) is 19.6 Å².